The number of likely N-dealkylation sites (tertiary alicyclic amines) is 1. The third kappa shape index (κ3) is 4.60. The van der Waals surface area contributed by atoms with Crippen LogP contribution in [0.5, 0.6) is 0 Å². The lowest BCUT2D eigenvalue weighted by atomic mass is 10.1. The fourth-order valence-corrected chi connectivity index (χ4v) is 4.06. The monoisotopic (exact) mass is 403 g/mol. The molecule has 156 valence electrons. The molecule has 1 amide bonds. The number of carbonyl (C=O) groups is 1. The molecule has 30 heavy (non-hydrogen) atoms. The van der Waals surface area contributed by atoms with Gasteiger partial charge in [-0.25, -0.2) is 9.67 Å². The van der Waals surface area contributed by atoms with Crippen molar-refractivity contribution in [1.29, 1.82) is 0 Å². The highest BCUT2D eigenvalue weighted by atomic mass is 16.2. The van der Waals surface area contributed by atoms with Crippen molar-refractivity contribution < 1.29 is 4.79 Å². The smallest absolute Gasteiger partial charge is 0.291 e. The van der Waals surface area contributed by atoms with E-state index in [1.54, 1.807) is 4.68 Å². The number of nitrogens with zero attached hydrogens (tertiary/aromatic N) is 4. The summed E-state index contributed by atoms with van der Waals surface area (Å²) >= 11 is 0. The largest absolute Gasteiger partial charge is 0.348 e. The maximum Gasteiger partial charge on any atom is 0.291 e. The summed E-state index contributed by atoms with van der Waals surface area (Å²) in [7, 11) is 0. The van der Waals surface area contributed by atoms with Crippen LogP contribution in [-0.2, 0) is 6.42 Å². The van der Waals surface area contributed by atoms with Crippen LogP contribution < -0.4 is 5.32 Å². The van der Waals surface area contributed by atoms with E-state index in [0.29, 0.717) is 19.0 Å². The molecule has 1 atom stereocenters. The lowest BCUT2D eigenvalue weighted by Gasteiger charge is -2.22. The summed E-state index contributed by atoms with van der Waals surface area (Å²) in [6, 6.07) is 18.7. The van der Waals surface area contributed by atoms with Crippen LogP contribution in [0.1, 0.15) is 47.3 Å². The van der Waals surface area contributed by atoms with Crippen molar-refractivity contribution >= 4 is 5.91 Å². The molecule has 0 spiro atoms. The van der Waals surface area contributed by atoms with Gasteiger partial charge in [-0.3, -0.25) is 9.69 Å². The molecule has 1 aliphatic rings. The molecule has 1 fully saturated rings. The maximum absolute atomic E-state index is 12.8. The van der Waals surface area contributed by atoms with E-state index in [-0.39, 0.29) is 11.7 Å². The molecule has 1 aliphatic heterocycles. The average Bonchev–Trinajstić information content (AvgIpc) is 3.40. The molecule has 1 aromatic heterocycles. The maximum atomic E-state index is 12.8. The van der Waals surface area contributed by atoms with Crippen molar-refractivity contribution in [1.82, 2.24) is 25.0 Å². The SMILES string of the molecule is CCN1CCC[C@@H]1CNC(=O)c1nc(Cc2ccccc2)n(-c2ccc(C)cc2)n1. The second kappa shape index (κ2) is 9.22. The van der Waals surface area contributed by atoms with Crippen LogP contribution in [-0.4, -0.2) is 51.2 Å². The number of nitrogens with one attached hydrogen (secondary N) is 1. The van der Waals surface area contributed by atoms with Gasteiger partial charge in [0, 0.05) is 19.0 Å². The van der Waals surface area contributed by atoms with E-state index < -0.39 is 0 Å². The van der Waals surface area contributed by atoms with Crippen LogP contribution in [0, 0.1) is 6.92 Å². The summed E-state index contributed by atoms with van der Waals surface area (Å²) in [5.74, 6) is 0.770. The first-order valence-corrected chi connectivity index (χ1v) is 10.7. The molecule has 6 nitrogen and oxygen atoms in total. The molecule has 1 saturated heterocycles. The van der Waals surface area contributed by atoms with Gasteiger partial charge in [-0.1, -0.05) is 55.0 Å². The van der Waals surface area contributed by atoms with Gasteiger partial charge in [0.1, 0.15) is 5.82 Å². The summed E-state index contributed by atoms with van der Waals surface area (Å²) in [4.78, 5) is 19.9. The van der Waals surface area contributed by atoms with Crippen LogP contribution in [0.2, 0.25) is 0 Å². The number of hydrogen-bond acceptors (Lipinski definition) is 4. The number of aromatic nitrogens is 3. The van der Waals surface area contributed by atoms with Gasteiger partial charge in [0.15, 0.2) is 0 Å². The Morgan fingerprint density at radius 1 is 1.13 bits per heavy atom. The molecule has 1 N–H and O–H groups in total. The summed E-state index contributed by atoms with van der Waals surface area (Å²) < 4.78 is 1.79. The molecule has 0 unspecified atom stereocenters. The second-order valence-electron chi connectivity index (χ2n) is 7.90. The van der Waals surface area contributed by atoms with Crippen molar-refractivity contribution in [3.8, 4) is 5.69 Å². The molecule has 0 aliphatic carbocycles. The van der Waals surface area contributed by atoms with Crippen LogP contribution >= 0.6 is 0 Å². The highest BCUT2D eigenvalue weighted by Gasteiger charge is 2.24. The van der Waals surface area contributed by atoms with Crippen molar-refractivity contribution in [2.75, 3.05) is 19.6 Å². The van der Waals surface area contributed by atoms with Crippen LogP contribution in [0.4, 0.5) is 0 Å². The third-order valence-electron chi connectivity index (χ3n) is 5.76. The fourth-order valence-electron chi connectivity index (χ4n) is 4.06. The van der Waals surface area contributed by atoms with E-state index in [0.717, 1.165) is 36.6 Å². The molecule has 3 aromatic rings. The molecule has 0 saturated carbocycles. The zero-order valence-corrected chi connectivity index (χ0v) is 17.7. The number of benzene rings is 2. The first-order valence-electron chi connectivity index (χ1n) is 10.7. The van der Waals surface area contributed by atoms with Crippen LogP contribution in [0.25, 0.3) is 5.69 Å². The Kier molecular flexibility index (Phi) is 6.23. The zero-order valence-electron chi connectivity index (χ0n) is 17.7. The van der Waals surface area contributed by atoms with Crippen LogP contribution in [0.3, 0.4) is 0 Å². The van der Waals surface area contributed by atoms with E-state index >= 15 is 0 Å². The summed E-state index contributed by atoms with van der Waals surface area (Å²) in [5, 5.41) is 7.62. The van der Waals surface area contributed by atoms with Gasteiger partial charge in [0.2, 0.25) is 5.82 Å². The van der Waals surface area contributed by atoms with E-state index in [1.165, 1.54) is 12.0 Å². The Labute approximate surface area is 177 Å². The summed E-state index contributed by atoms with van der Waals surface area (Å²) in [6.07, 6.45) is 2.93. The predicted molar refractivity (Wildman–Crippen MR) is 118 cm³/mol. The van der Waals surface area contributed by atoms with Gasteiger partial charge < -0.3 is 5.32 Å². The summed E-state index contributed by atoms with van der Waals surface area (Å²) in [5.41, 5.74) is 3.22. The number of aryl methyl sites for hydroxylation is 1. The first kappa shape index (κ1) is 20.3. The molecule has 4 rings (SSSR count). The molecule has 2 aromatic carbocycles. The zero-order chi connectivity index (χ0) is 20.9. The highest BCUT2D eigenvalue weighted by Crippen LogP contribution is 2.17. The number of likely N-dealkylation sites (N-methyl/N-ethyl adjacent to an activating group) is 1. The Morgan fingerprint density at radius 3 is 2.63 bits per heavy atom. The van der Waals surface area contributed by atoms with Crippen molar-refractivity contribution in [3.63, 3.8) is 0 Å². The minimum absolute atomic E-state index is 0.210. The topological polar surface area (TPSA) is 63.1 Å². The van der Waals surface area contributed by atoms with Gasteiger partial charge in [-0.05, 0) is 50.6 Å². The molecular formula is C24H29N5O. The third-order valence-corrected chi connectivity index (χ3v) is 5.76. The van der Waals surface area contributed by atoms with Crippen molar-refractivity contribution in [2.24, 2.45) is 0 Å². The quantitative estimate of drug-likeness (QED) is 0.657. The number of rotatable bonds is 7. The lowest BCUT2D eigenvalue weighted by Crippen LogP contribution is -2.40. The lowest BCUT2D eigenvalue weighted by molar-refractivity contribution is 0.0931. The van der Waals surface area contributed by atoms with Gasteiger partial charge in [-0.2, -0.15) is 0 Å². The van der Waals surface area contributed by atoms with Gasteiger partial charge >= 0.3 is 0 Å². The average molecular weight is 404 g/mol. The first-order chi connectivity index (χ1) is 14.6. The Morgan fingerprint density at radius 2 is 1.90 bits per heavy atom. The van der Waals surface area contributed by atoms with Crippen molar-refractivity contribution in [2.45, 2.75) is 39.2 Å². The minimum atomic E-state index is -0.210. The normalized spacial score (nSPS) is 16.7. The predicted octanol–water partition coefficient (Wildman–Crippen LogP) is 3.38. The molecule has 0 radical (unpaired) electrons. The molecule has 0 bridgehead atoms. The van der Waals surface area contributed by atoms with E-state index in [4.69, 9.17) is 0 Å². The van der Waals surface area contributed by atoms with E-state index in [2.05, 4.69) is 46.3 Å². The van der Waals surface area contributed by atoms with Gasteiger partial charge in [0.05, 0.1) is 5.69 Å². The van der Waals surface area contributed by atoms with Crippen LogP contribution in [0.15, 0.2) is 54.6 Å². The molecular weight excluding hydrogens is 374 g/mol. The second-order valence-corrected chi connectivity index (χ2v) is 7.90. The van der Waals surface area contributed by atoms with Crippen molar-refractivity contribution in [3.05, 3.63) is 77.4 Å². The van der Waals surface area contributed by atoms with E-state index in [9.17, 15) is 4.79 Å². The summed E-state index contributed by atoms with van der Waals surface area (Å²) in [6.45, 7) is 6.98. The van der Waals surface area contributed by atoms with Gasteiger partial charge in [-0.15, -0.1) is 5.10 Å². The Hall–Kier alpha value is -2.99. The number of carbonyl (C=O) groups excluding carboxylic acids is 1. The highest BCUT2D eigenvalue weighted by molar-refractivity contribution is 5.90. The fraction of sp³-hybridized carbons (Fsp3) is 0.375. The minimum Gasteiger partial charge on any atom is -0.348 e. The number of amides is 1. The Bertz CT molecular complexity index is 981. The number of hydrogen-bond donors (Lipinski definition) is 1. The van der Waals surface area contributed by atoms with E-state index in [1.807, 2.05) is 42.5 Å². The molecule has 2 heterocycles. The Balaban J connectivity index is 1.56. The molecule has 6 heteroatoms. The van der Waals surface area contributed by atoms with Gasteiger partial charge in [0.25, 0.3) is 5.91 Å². The standard InChI is InChI=1S/C24H29N5O/c1-3-28-15-7-10-21(28)17-25-24(30)23-26-22(16-19-8-5-4-6-9-19)29(27-23)20-13-11-18(2)12-14-20/h4-6,8-9,11-14,21H,3,7,10,15-17H2,1-2H3,(H,25,30)/t21-/m1/s1.